The van der Waals surface area contributed by atoms with Crippen molar-refractivity contribution >= 4 is 28.0 Å². The summed E-state index contributed by atoms with van der Waals surface area (Å²) in [5.41, 5.74) is 2.73. The third-order valence-electron chi connectivity index (χ3n) is 4.70. The predicted molar refractivity (Wildman–Crippen MR) is 91.9 cm³/mol. The van der Waals surface area contributed by atoms with E-state index < -0.39 is 0 Å². The Morgan fingerprint density at radius 1 is 1.42 bits per heavy atom. The minimum absolute atomic E-state index is 0.0248. The molecule has 0 saturated carbocycles. The first kappa shape index (κ1) is 14.9. The molecule has 0 spiro atoms. The molecule has 0 bridgehead atoms. The minimum Gasteiger partial charge on any atom is -0.346 e. The van der Waals surface area contributed by atoms with E-state index in [-0.39, 0.29) is 11.9 Å². The van der Waals surface area contributed by atoms with Crippen molar-refractivity contribution in [1.29, 1.82) is 0 Å². The first-order chi connectivity index (χ1) is 11.7. The maximum atomic E-state index is 12.0. The van der Waals surface area contributed by atoms with Crippen LogP contribution < -0.4 is 5.32 Å². The van der Waals surface area contributed by atoms with Crippen LogP contribution in [0.5, 0.6) is 0 Å². The summed E-state index contributed by atoms with van der Waals surface area (Å²) in [7, 11) is 1.67. The summed E-state index contributed by atoms with van der Waals surface area (Å²) < 4.78 is 0. The van der Waals surface area contributed by atoms with E-state index in [4.69, 9.17) is 4.98 Å². The van der Waals surface area contributed by atoms with Gasteiger partial charge in [-0.15, -0.1) is 0 Å². The number of fused-ring (bicyclic) bond motifs is 3. The van der Waals surface area contributed by atoms with E-state index in [1.165, 1.54) is 0 Å². The number of carbonyl (C=O) groups is 1. The summed E-state index contributed by atoms with van der Waals surface area (Å²) in [5.74, 6) is 0.951. The van der Waals surface area contributed by atoms with Gasteiger partial charge in [0, 0.05) is 43.0 Å². The van der Waals surface area contributed by atoms with Crippen molar-refractivity contribution in [2.24, 2.45) is 0 Å². The van der Waals surface area contributed by atoms with Crippen LogP contribution in [0.15, 0.2) is 18.5 Å². The number of likely N-dealkylation sites (tertiary alicyclic amines) is 1. The molecule has 1 aliphatic heterocycles. The second kappa shape index (κ2) is 5.74. The lowest BCUT2D eigenvalue weighted by atomic mass is 9.91. The summed E-state index contributed by atoms with van der Waals surface area (Å²) >= 11 is 0. The number of H-pyrrole nitrogens is 1. The molecule has 3 aromatic heterocycles. The number of urea groups is 1. The van der Waals surface area contributed by atoms with Gasteiger partial charge in [0.05, 0.1) is 17.4 Å². The number of hydrogen-bond acceptors (Lipinski definition) is 4. The average molecular weight is 324 g/mol. The van der Waals surface area contributed by atoms with Gasteiger partial charge in [-0.1, -0.05) is 0 Å². The number of aromatic nitrogens is 4. The fraction of sp³-hybridized carbons (Fsp3) is 0.412. The zero-order valence-electron chi connectivity index (χ0n) is 13.8. The van der Waals surface area contributed by atoms with Gasteiger partial charge in [0.1, 0.15) is 11.5 Å². The monoisotopic (exact) mass is 324 g/mol. The summed E-state index contributed by atoms with van der Waals surface area (Å²) in [6.07, 6.45) is 5.68. The molecule has 2 N–H and O–H groups in total. The molecule has 1 fully saturated rings. The minimum atomic E-state index is -0.0248. The summed E-state index contributed by atoms with van der Waals surface area (Å²) in [4.78, 5) is 30.8. The Hall–Kier alpha value is -2.70. The molecule has 1 unspecified atom stereocenters. The third kappa shape index (κ3) is 2.36. The van der Waals surface area contributed by atoms with Crippen molar-refractivity contribution in [2.75, 3.05) is 20.1 Å². The van der Waals surface area contributed by atoms with Gasteiger partial charge in [-0.2, -0.15) is 0 Å². The number of rotatable bonds is 1. The maximum absolute atomic E-state index is 12.0. The summed E-state index contributed by atoms with van der Waals surface area (Å²) in [6, 6.07) is 2.00. The fourth-order valence-electron chi connectivity index (χ4n) is 3.62. The number of nitrogens with one attached hydrogen (secondary N) is 2. The number of amides is 2. The average Bonchev–Trinajstić information content (AvgIpc) is 3.09. The Bertz CT molecular complexity index is 918. The lowest BCUT2D eigenvalue weighted by Crippen LogP contribution is -2.43. The first-order valence-corrected chi connectivity index (χ1v) is 8.24. The molecule has 7 heteroatoms. The molecular formula is C17H20N6O. The van der Waals surface area contributed by atoms with Crippen LogP contribution in [0.3, 0.4) is 0 Å². The Kier molecular flexibility index (Phi) is 3.55. The zero-order valence-corrected chi connectivity index (χ0v) is 13.8. The summed E-state index contributed by atoms with van der Waals surface area (Å²) in [6.45, 7) is 3.38. The molecular weight excluding hydrogens is 304 g/mol. The van der Waals surface area contributed by atoms with E-state index in [1.54, 1.807) is 13.2 Å². The molecule has 7 nitrogen and oxygen atoms in total. The highest BCUT2D eigenvalue weighted by Crippen LogP contribution is 2.33. The molecule has 4 rings (SSSR count). The Morgan fingerprint density at radius 2 is 2.29 bits per heavy atom. The highest BCUT2D eigenvalue weighted by Gasteiger charge is 2.27. The lowest BCUT2D eigenvalue weighted by molar-refractivity contribution is 0.181. The summed E-state index contributed by atoms with van der Waals surface area (Å²) in [5, 5.41) is 4.81. The number of piperidine rings is 1. The Labute approximate surface area is 139 Å². The van der Waals surface area contributed by atoms with Crippen LogP contribution in [0.1, 0.15) is 30.3 Å². The molecule has 0 aliphatic carbocycles. The second-order valence-corrected chi connectivity index (χ2v) is 6.25. The molecule has 0 radical (unpaired) electrons. The number of pyridine rings is 1. The molecule has 1 atom stereocenters. The van der Waals surface area contributed by atoms with Gasteiger partial charge >= 0.3 is 6.03 Å². The van der Waals surface area contributed by atoms with Gasteiger partial charge in [0.2, 0.25) is 0 Å². The van der Waals surface area contributed by atoms with Crippen molar-refractivity contribution in [3.8, 4) is 0 Å². The first-order valence-electron chi connectivity index (χ1n) is 8.24. The highest BCUT2D eigenvalue weighted by molar-refractivity contribution is 6.04. The van der Waals surface area contributed by atoms with Crippen molar-refractivity contribution in [1.82, 2.24) is 30.2 Å². The molecule has 1 saturated heterocycles. The van der Waals surface area contributed by atoms with E-state index in [1.807, 2.05) is 24.1 Å². The van der Waals surface area contributed by atoms with Gasteiger partial charge in [-0.25, -0.2) is 19.7 Å². The SMILES string of the molecule is CNC(=O)N1CCCC(c2nc(C)nc3cnc4[nH]ccc4c23)C1. The quantitative estimate of drug-likeness (QED) is 0.719. The van der Waals surface area contributed by atoms with Crippen LogP contribution >= 0.6 is 0 Å². The standard InChI is InChI=1S/C17H20N6O/c1-10-21-13-8-20-16-12(5-6-19-16)14(13)15(22-10)11-4-3-7-23(9-11)17(24)18-2/h5-6,8,11H,3-4,7,9H2,1-2H3,(H,18,24)(H,19,20). The van der Waals surface area contributed by atoms with Crippen molar-refractivity contribution in [2.45, 2.75) is 25.7 Å². The van der Waals surface area contributed by atoms with Crippen LogP contribution in [0, 0.1) is 6.92 Å². The van der Waals surface area contributed by atoms with Crippen LogP contribution in [-0.4, -0.2) is 51.0 Å². The number of hydrogen-bond donors (Lipinski definition) is 2. The van der Waals surface area contributed by atoms with Gasteiger partial charge in [0.25, 0.3) is 0 Å². The van der Waals surface area contributed by atoms with E-state index in [0.717, 1.165) is 52.8 Å². The molecule has 0 aromatic carbocycles. The molecule has 124 valence electrons. The smallest absolute Gasteiger partial charge is 0.317 e. The molecule has 2 amide bonds. The van der Waals surface area contributed by atoms with Crippen LogP contribution in [0.25, 0.3) is 21.9 Å². The van der Waals surface area contributed by atoms with E-state index >= 15 is 0 Å². The Morgan fingerprint density at radius 3 is 3.12 bits per heavy atom. The molecule has 1 aliphatic rings. The van der Waals surface area contributed by atoms with Crippen LogP contribution in [0.4, 0.5) is 4.79 Å². The van der Waals surface area contributed by atoms with Gasteiger partial charge in [0.15, 0.2) is 0 Å². The van der Waals surface area contributed by atoms with Gasteiger partial charge in [-0.05, 0) is 25.8 Å². The number of aromatic amines is 1. The maximum Gasteiger partial charge on any atom is 0.317 e. The van der Waals surface area contributed by atoms with Crippen molar-refractivity contribution in [3.05, 3.63) is 30.0 Å². The normalized spacial score (nSPS) is 18.2. The lowest BCUT2D eigenvalue weighted by Gasteiger charge is -2.32. The van der Waals surface area contributed by atoms with Gasteiger partial charge < -0.3 is 15.2 Å². The zero-order chi connectivity index (χ0) is 16.7. The Balaban J connectivity index is 1.86. The van der Waals surface area contributed by atoms with Crippen molar-refractivity contribution in [3.63, 3.8) is 0 Å². The van der Waals surface area contributed by atoms with Crippen LogP contribution in [-0.2, 0) is 0 Å². The van der Waals surface area contributed by atoms with E-state index in [0.29, 0.717) is 6.54 Å². The largest absolute Gasteiger partial charge is 0.346 e. The number of nitrogens with zero attached hydrogens (tertiary/aromatic N) is 4. The topological polar surface area (TPSA) is 86.8 Å². The molecule has 24 heavy (non-hydrogen) atoms. The highest BCUT2D eigenvalue weighted by atomic mass is 16.2. The van der Waals surface area contributed by atoms with Crippen LogP contribution in [0.2, 0.25) is 0 Å². The van der Waals surface area contributed by atoms with E-state index in [9.17, 15) is 4.79 Å². The fourth-order valence-corrected chi connectivity index (χ4v) is 3.62. The molecule has 4 heterocycles. The van der Waals surface area contributed by atoms with E-state index in [2.05, 4.69) is 20.3 Å². The second-order valence-electron chi connectivity index (χ2n) is 6.25. The van der Waals surface area contributed by atoms with Crippen molar-refractivity contribution < 1.29 is 4.79 Å². The third-order valence-corrected chi connectivity index (χ3v) is 4.70. The van der Waals surface area contributed by atoms with Gasteiger partial charge in [-0.3, -0.25) is 0 Å². The molecule has 3 aromatic rings. The number of carbonyl (C=O) groups excluding carboxylic acids is 1. The predicted octanol–water partition coefficient (Wildman–Crippen LogP) is 2.33. The number of aryl methyl sites for hydroxylation is 1.